The molecule has 0 aliphatic heterocycles. The molecule has 17 heavy (non-hydrogen) atoms. The molecule has 1 aromatic carbocycles. The van der Waals surface area contributed by atoms with Crippen molar-refractivity contribution in [2.45, 2.75) is 6.92 Å². The Kier molecular flexibility index (Phi) is 2.61. The number of benzene rings is 1. The minimum Gasteiger partial charge on any atom is -0.271 e. The molecule has 2 aromatic rings. The van der Waals surface area contributed by atoms with Crippen molar-refractivity contribution in [1.82, 2.24) is 20.2 Å². The smallest absolute Gasteiger partial charge is 0.269 e. The summed E-state index contributed by atoms with van der Waals surface area (Å²) in [6.45, 7) is 1.31. The van der Waals surface area contributed by atoms with Crippen LogP contribution in [-0.4, -0.2) is 31.0 Å². The fourth-order valence-electron chi connectivity index (χ4n) is 1.20. The molecule has 8 heteroatoms. The molecule has 0 saturated carbocycles. The molecule has 0 atom stereocenters. The summed E-state index contributed by atoms with van der Waals surface area (Å²) >= 11 is 0. The van der Waals surface area contributed by atoms with Crippen LogP contribution in [0.25, 0.3) is 11.4 Å². The summed E-state index contributed by atoms with van der Waals surface area (Å²) in [6.07, 6.45) is 0. The zero-order chi connectivity index (χ0) is 12.4. The van der Waals surface area contributed by atoms with Gasteiger partial charge >= 0.3 is 0 Å². The third-order valence-corrected chi connectivity index (χ3v) is 2.03. The van der Waals surface area contributed by atoms with Crippen LogP contribution in [0.3, 0.4) is 0 Å². The number of tetrazole rings is 1. The summed E-state index contributed by atoms with van der Waals surface area (Å²) in [5.74, 6) is -0.110. The first kappa shape index (κ1) is 10.9. The first-order chi connectivity index (χ1) is 8.08. The number of hydrogen-bond acceptors (Lipinski definition) is 6. The summed E-state index contributed by atoms with van der Waals surface area (Å²) in [4.78, 5) is 21.8. The minimum absolute atomic E-state index is 0.0206. The molecule has 0 aliphatic rings. The van der Waals surface area contributed by atoms with Crippen molar-refractivity contribution in [2.75, 3.05) is 0 Å². The predicted molar refractivity (Wildman–Crippen MR) is 56.2 cm³/mol. The van der Waals surface area contributed by atoms with Gasteiger partial charge in [0, 0.05) is 24.6 Å². The lowest BCUT2D eigenvalue weighted by Gasteiger charge is -1.93. The molecule has 2 rings (SSSR count). The van der Waals surface area contributed by atoms with E-state index in [2.05, 4.69) is 15.4 Å². The van der Waals surface area contributed by atoms with Crippen molar-refractivity contribution < 1.29 is 9.72 Å². The van der Waals surface area contributed by atoms with Gasteiger partial charge in [0.25, 0.3) is 11.6 Å². The first-order valence-electron chi connectivity index (χ1n) is 4.64. The van der Waals surface area contributed by atoms with E-state index in [4.69, 9.17) is 0 Å². The maximum absolute atomic E-state index is 10.9. The van der Waals surface area contributed by atoms with Crippen LogP contribution >= 0.6 is 0 Å². The van der Waals surface area contributed by atoms with Crippen LogP contribution in [0.4, 0.5) is 5.69 Å². The van der Waals surface area contributed by atoms with E-state index in [1.54, 1.807) is 0 Å². The van der Waals surface area contributed by atoms with Crippen LogP contribution in [0.1, 0.15) is 11.7 Å². The van der Waals surface area contributed by atoms with Crippen LogP contribution in [0.5, 0.6) is 0 Å². The van der Waals surface area contributed by atoms with Gasteiger partial charge in [-0.05, 0) is 17.3 Å². The molecule has 0 bridgehead atoms. The van der Waals surface area contributed by atoms with E-state index in [0.717, 1.165) is 4.80 Å². The molecule has 0 saturated heterocycles. The highest BCUT2D eigenvalue weighted by Crippen LogP contribution is 2.18. The lowest BCUT2D eigenvalue weighted by atomic mass is 10.2. The van der Waals surface area contributed by atoms with Crippen LogP contribution in [-0.2, 0) is 0 Å². The molecule has 1 aromatic heterocycles. The molecule has 8 nitrogen and oxygen atoms in total. The van der Waals surface area contributed by atoms with Gasteiger partial charge in [-0.25, -0.2) is 0 Å². The Morgan fingerprint density at radius 3 is 2.47 bits per heavy atom. The molecule has 1 heterocycles. The molecule has 86 valence electrons. The van der Waals surface area contributed by atoms with Crippen LogP contribution in [0.2, 0.25) is 0 Å². The maximum Gasteiger partial charge on any atom is 0.269 e. The Bertz CT molecular complexity index is 575. The lowest BCUT2D eigenvalue weighted by molar-refractivity contribution is -0.384. The number of carbonyl (C=O) groups is 1. The Hall–Kier alpha value is -2.64. The average molecular weight is 233 g/mol. The Labute approximate surface area is 95.0 Å². The second-order valence-electron chi connectivity index (χ2n) is 3.23. The van der Waals surface area contributed by atoms with Crippen LogP contribution in [0.15, 0.2) is 24.3 Å². The average Bonchev–Trinajstić information content (AvgIpc) is 2.78. The molecule has 0 amide bonds. The Morgan fingerprint density at radius 2 is 2.00 bits per heavy atom. The van der Waals surface area contributed by atoms with Gasteiger partial charge in [0.2, 0.25) is 5.82 Å². The second kappa shape index (κ2) is 4.08. The normalized spacial score (nSPS) is 10.2. The molecule has 0 spiro atoms. The quantitative estimate of drug-likeness (QED) is 0.564. The third kappa shape index (κ3) is 2.14. The third-order valence-electron chi connectivity index (χ3n) is 2.03. The van der Waals surface area contributed by atoms with Crippen molar-refractivity contribution in [3.05, 3.63) is 34.4 Å². The van der Waals surface area contributed by atoms with Gasteiger partial charge in [-0.1, -0.05) is 4.80 Å². The number of rotatable bonds is 2. The number of hydrogen-bond donors (Lipinski definition) is 0. The molecular weight excluding hydrogens is 226 g/mol. The zero-order valence-corrected chi connectivity index (χ0v) is 8.77. The molecule has 0 aliphatic carbocycles. The summed E-state index contributed by atoms with van der Waals surface area (Å²) in [5.41, 5.74) is 0.538. The fourth-order valence-corrected chi connectivity index (χ4v) is 1.20. The van der Waals surface area contributed by atoms with E-state index in [9.17, 15) is 14.9 Å². The van der Waals surface area contributed by atoms with Gasteiger partial charge in [0.15, 0.2) is 0 Å². The first-order valence-corrected chi connectivity index (χ1v) is 4.64. The molecule has 0 fully saturated rings. The summed E-state index contributed by atoms with van der Waals surface area (Å²) in [5, 5.41) is 21.5. The fraction of sp³-hybridized carbons (Fsp3) is 0.111. The number of aromatic nitrogens is 4. The van der Waals surface area contributed by atoms with Gasteiger partial charge in [0.05, 0.1) is 4.92 Å². The number of nitro benzene ring substituents is 1. The van der Waals surface area contributed by atoms with Crippen molar-refractivity contribution in [3.63, 3.8) is 0 Å². The Morgan fingerprint density at radius 1 is 1.35 bits per heavy atom. The number of nitro groups is 1. The zero-order valence-electron chi connectivity index (χ0n) is 8.77. The van der Waals surface area contributed by atoms with Gasteiger partial charge in [-0.2, -0.15) is 0 Å². The summed E-state index contributed by atoms with van der Waals surface area (Å²) < 4.78 is 0. The van der Waals surface area contributed by atoms with E-state index in [1.807, 2.05) is 0 Å². The van der Waals surface area contributed by atoms with E-state index >= 15 is 0 Å². The van der Waals surface area contributed by atoms with Crippen LogP contribution < -0.4 is 0 Å². The van der Waals surface area contributed by atoms with E-state index in [0.29, 0.717) is 5.56 Å². The van der Waals surface area contributed by atoms with E-state index in [-0.39, 0.29) is 17.4 Å². The highest BCUT2D eigenvalue weighted by Gasteiger charge is 2.10. The topological polar surface area (TPSA) is 104 Å². The number of carbonyl (C=O) groups excluding carboxylic acids is 1. The second-order valence-corrected chi connectivity index (χ2v) is 3.23. The SMILES string of the molecule is CC(=O)n1nnc(-c2ccc([N+](=O)[O-])cc2)n1. The number of nitrogens with zero attached hydrogens (tertiary/aromatic N) is 5. The molecule has 0 N–H and O–H groups in total. The standard InChI is InChI=1S/C9H7N5O3/c1-6(15)13-11-9(10-12-13)7-2-4-8(5-3-7)14(16)17/h2-5H,1H3. The van der Waals surface area contributed by atoms with Crippen molar-refractivity contribution in [3.8, 4) is 11.4 Å². The summed E-state index contributed by atoms with van der Waals surface area (Å²) in [7, 11) is 0. The van der Waals surface area contributed by atoms with Gasteiger partial charge in [-0.15, -0.1) is 10.2 Å². The predicted octanol–water partition coefficient (Wildman–Crippen LogP) is 0.908. The molecular formula is C9H7N5O3. The van der Waals surface area contributed by atoms with Crippen molar-refractivity contribution in [1.29, 1.82) is 0 Å². The molecule has 0 radical (unpaired) electrons. The monoisotopic (exact) mass is 233 g/mol. The van der Waals surface area contributed by atoms with Crippen molar-refractivity contribution >= 4 is 11.6 Å². The van der Waals surface area contributed by atoms with Crippen molar-refractivity contribution in [2.24, 2.45) is 0 Å². The molecule has 0 unspecified atom stereocenters. The van der Waals surface area contributed by atoms with E-state index in [1.165, 1.54) is 31.2 Å². The number of non-ortho nitro benzene ring substituents is 1. The lowest BCUT2D eigenvalue weighted by Crippen LogP contribution is -2.09. The highest BCUT2D eigenvalue weighted by atomic mass is 16.6. The van der Waals surface area contributed by atoms with Gasteiger partial charge < -0.3 is 0 Å². The summed E-state index contributed by atoms with van der Waals surface area (Å²) in [6, 6.07) is 5.67. The highest BCUT2D eigenvalue weighted by molar-refractivity contribution is 5.74. The van der Waals surface area contributed by atoms with Gasteiger partial charge in [0.1, 0.15) is 0 Å². The van der Waals surface area contributed by atoms with Crippen LogP contribution in [0, 0.1) is 10.1 Å². The Balaban J connectivity index is 2.33. The minimum atomic E-state index is -0.496. The maximum atomic E-state index is 10.9. The van der Waals surface area contributed by atoms with E-state index < -0.39 is 4.92 Å². The largest absolute Gasteiger partial charge is 0.271 e. The van der Waals surface area contributed by atoms with Gasteiger partial charge in [-0.3, -0.25) is 14.9 Å².